The van der Waals surface area contributed by atoms with Gasteiger partial charge < -0.3 is 26.9 Å². The van der Waals surface area contributed by atoms with Crippen molar-refractivity contribution >= 4 is 18.2 Å². The van der Waals surface area contributed by atoms with Gasteiger partial charge >= 0.3 is 0 Å². The summed E-state index contributed by atoms with van der Waals surface area (Å²) in [6.45, 7) is 7.49. The van der Waals surface area contributed by atoms with Gasteiger partial charge in [-0.2, -0.15) is 0 Å². The van der Waals surface area contributed by atoms with Crippen LogP contribution in [0.4, 0.5) is 0 Å². The Balaban J connectivity index is 2.90. The van der Waals surface area contributed by atoms with Crippen molar-refractivity contribution < 1.29 is 9.59 Å². The molecule has 150 valence electrons. The van der Waals surface area contributed by atoms with Gasteiger partial charge in [-0.05, 0) is 50.5 Å². The minimum atomic E-state index is -0.603. The van der Waals surface area contributed by atoms with Crippen LogP contribution in [0.15, 0.2) is 4.99 Å². The zero-order valence-corrected chi connectivity index (χ0v) is 16.4. The number of carbonyl (C=O) groups excluding carboxylic acids is 2. The summed E-state index contributed by atoms with van der Waals surface area (Å²) in [5.74, 6) is 0.670. The number of hydrogen-bond acceptors (Lipinski definition) is 5. The van der Waals surface area contributed by atoms with E-state index in [9.17, 15) is 9.59 Å². The third-order valence-electron chi connectivity index (χ3n) is 4.74. The monoisotopic (exact) mass is 368 g/mol. The van der Waals surface area contributed by atoms with Crippen LogP contribution >= 0.6 is 0 Å². The van der Waals surface area contributed by atoms with Crippen LogP contribution in [-0.2, 0) is 9.59 Å². The molecule has 1 saturated heterocycles. The fraction of sp³-hybridized carbons (Fsp3) is 0.833. The Morgan fingerprint density at radius 2 is 2.08 bits per heavy atom. The SMILES string of the molecule is CC(C)C[C@H](N)C(=O)N(C1CC(C)CCN1)[C@H](C=O)CCCN=C(N)N. The van der Waals surface area contributed by atoms with E-state index in [4.69, 9.17) is 17.2 Å². The predicted octanol–water partition coefficient (Wildman–Crippen LogP) is 0.155. The van der Waals surface area contributed by atoms with Crippen LogP contribution in [0.1, 0.15) is 52.9 Å². The maximum Gasteiger partial charge on any atom is 0.241 e. The third-order valence-corrected chi connectivity index (χ3v) is 4.74. The van der Waals surface area contributed by atoms with Gasteiger partial charge in [0.25, 0.3) is 0 Å². The van der Waals surface area contributed by atoms with Crippen LogP contribution in [0.2, 0.25) is 0 Å². The topological polar surface area (TPSA) is 140 Å². The molecule has 0 aromatic rings. The van der Waals surface area contributed by atoms with E-state index >= 15 is 0 Å². The highest BCUT2D eigenvalue weighted by molar-refractivity contribution is 5.84. The first-order valence-corrected chi connectivity index (χ1v) is 9.58. The number of amides is 1. The number of carbonyl (C=O) groups is 2. The number of hydrogen-bond donors (Lipinski definition) is 4. The molecule has 1 aliphatic heterocycles. The fourth-order valence-electron chi connectivity index (χ4n) is 3.42. The average Bonchev–Trinajstić information content (AvgIpc) is 2.56. The van der Waals surface area contributed by atoms with Gasteiger partial charge in [-0.15, -0.1) is 0 Å². The molecular formula is C18H36N6O2. The number of aldehydes is 1. The lowest BCUT2D eigenvalue weighted by molar-refractivity contribution is -0.143. The summed E-state index contributed by atoms with van der Waals surface area (Å²) in [5, 5.41) is 3.39. The summed E-state index contributed by atoms with van der Waals surface area (Å²) in [5.41, 5.74) is 16.8. The van der Waals surface area contributed by atoms with Gasteiger partial charge in [-0.3, -0.25) is 15.1 Å². The quantitative estimate of drug-likeness (QED) is 0.187. The van der Waals surface area contributed by atoms with E-state index < -0.39 is 12.1 Å². The lowest BCUT2D eigenvalue weighted by Crippen LogP contribution is -2.60. The summed E-state index contributed by atoms with van der Waals surface area (Å²) in [7, 11) is 0. The second-order valence-electron chi connectivity index (χ2n) is 7.73. The molecule has 1 rings (SSSR count). The number of nitrogens with one attached hydrogen (secondary N) is 1. The number of piperidine rings is 1. The highest BCUT2D eigenvalue weighted by atomic mass is 16.2. The van der Waals surface area contributed by atoms with E-state index in [1.165, 1.54) is 0 Å². The van der Waals surface area contributed by atoms with Crippen LogP contribution in [0.5, 0.6) is 0 Å². The molecule has 26 heavy (non-hydrogen) atoms. The normalized spacial score (nSPS) is 22.5. The number of aliphatic imine (C=N–C) groups is 1. The number of rotatable bonds is 10. The first-order chi connectivity index (χ1) is 12.3. The molecule has 0 spiro atoms. The van der Waals surface area contributed by atoms with Crippen molar-refractivity contribution in [2.75, 3.05) is 13.1 Å². The number of guanidine groups is 1. The van der Waals surface area contributed by atoms with Crippen LogP contribution in [0, 0.1) is 11.8 Å². The first kappa shape index (κ1) is 22.4. The Hall–Kier alpha value is -1.67. The standard InChI is InChI=1S/C18H36N6O2/c1-12(2)9-15(19)17(26)24(16-10-13(3)6-8-22-16)14(11-25)5-4-7-23-18(20)21/h11-16,22H,4-10,19H2,1-3H3,(H4,20,21,23)/t13?,14-,15-,16?/m0/s1. The van der Waals surface area contributed by atoms with Crippen LogP contribution < -0.4 is 22.5 Å². The van der Waals surface area contributed by atoms with Crippen molar-refractivity contribution in [1.82, 2.24) is 10.2 Å². The Morgan fingerprint density at radius 3 is 2.62 bits per heavy atom. The van der Waals surface area contributed by atoms with Crippen molar-refractivity contribution in [3.63, 3.8) is 0 Å². The van der Waals surface area contributed by atoms with Crippen molar-refractivity contribution in [2.45, 2.75) is 71.1 Å². The van der Waals surface area contributed by atoms with E-state index in [-0.39, 0.29) is 18.0 Å². The fourth-order valence-corrected chi connectivity index (χ4v) is 3.42. The Kier molecular flexibility index (Phi) is 9.58. The van der Waals surface area contributed by atoms with Crippen molar-refractivity contribution in [3.05, 3.63) is 0 Å². The molecule has 0 aromatic heterocycles. The summed E-state index contributed by atoms with van der Waals surface area (Å²) >= 11 is 0. The van der Waals surface area contributed by atoms with Gasteiger partial charge in [0.2, 0.25) is 5.91 Å². The number of nitrogens with two attached hydrogens (primary N) is 3. The Bertz CT molecular complexity index is 478. The zero-order chi connectivity index (χ0) is 19.7. The Morgan fingerprint density at radius 1 is 1.38 bits per heavy atom. The van der Waals surface area contributed by atoms with E-state index in [0.29, 0.717) is 37.6 Å². The maximum absolute atomic E-state index is 13.1. The molecule has 1 aliphatic rings. The van der Waals surface area contributed by atoms with Crippen LogP contribution in [0.25, 0.3) is 0 Å². The lowest BCUT2D eigenvalue weighted by atomic mass is 9.95. The van der Waals surface area contributed by atoms with Gasteiger partial charge in [0.05, 0.1) is 18.2 Å². The molecular weight excluding hydrogens is 332 g/mol. The predicted molar refractivity (Wildman–Crippen MR) is 104 cm³/mol. The molecule has 0 aliphatic carbocycles. The van der Waals surface area contributed by atoms with Gasteiger partial charge in [-0.25, -0.2) is 0 Å². The average molecular weight is 369 g/mol. The minimum Gasteiger partial charge on any atom is -0.370 e. The van der Waals surface area contributed by atoms with Crippen molar-refractivity contribution in [3.8, 4) is 0 Å². The summed E-state index contributed by atoms with van der Waals surface area (Å²) < 4.78 is 0. The zero-order valence-electron chi connectivity index (χ0n) is 16.4. The second kappa shape index (κ2) is 11.1. The maximum atomic E-state index is 13.1. The highest BCUT2D eigenvalue weighted by Crippen LogP contribution is 2.22. The highest BCUT2D eigenvalue weighted by Gasteiger charge is 2.35. The van der Waals surface area contributed by atoms with Crippen molar-refractivity contribution in [1.29, 1.82) is 0 Å². The van der Waals surface area contributed by atoms with E-state index in [1.807, 2.05) is 13.8 Å². The smallest absolute Gasteiger partial charge is 0.241 e. The largest absolute Gasteiger partial charge is 0.370 e. The van der Waals surface area contributed by atoms with Crippen molar-refractivity contribution in [2.24, 2.45) is 34.0 Å². The van der Waals surface area contributed by atoms with E-state index in [1.54, 1.807) is 4.90 Å². The molecule has 0 bridgehead atoms. The van der Waals surface area contributed by atoms with Gasteiger partial charge in [0, 0.05) is 6.54 Å². The summed E-state index contributed by atoms with van der Waals surface area (Å²) in [4.78, 5) is 30.5. The van der Waals surface area contributed by atoms with Gasteiger partial charge in [-0.1, -0.05) is 20.8 Å². The molecule has 8 heteroatoms. The molecule has 1 fully saturated rings. The molecule has 0 radical (unpaired) electrons. The minimum absolute atomic E-state index is 0.0299. The molecule has 0 saturated carbocycles. The van der Waals surface area contributed by atoms with Crippen LogP contribution in [0.3, 0.4) is 0 Å². The second-order valence-corrected chi connectivity index (χ2v) is 7.73. The molecule has 4 atom stereocenters. The van der Waals surface area contributed by atoms with E-state index in [0.717, 1.165) is 25.7 Å². The Labute approximate surface area is 156 Å². The molecule has 0 aromatic carbocycles. The molecule has 1 heterocycles. The van der Waals surface area contributed by atoms with Gasteiger partial charge in [0.15, 0.2) is 5.96 Å². The third kappa shape index (κ3) is 7.29. The number of nitrogens with zero attached hydrogens (tertiary/aromatic N) is 2. The molecule has 7 N–H and O–H groups in total. The molecule has 1 amide bonds. The summed E-state index contributed by atoms with van der Waals surface area (Å²) in [6.07, 6.45) is 4.28. The molecule has 2 unspecified atom stereocenters. The van der Waals surface area contributed by atoms with Crippen LogP contribution in [-0.4, -0.2) is 54.4 Å². The lowest BCUT2D eigenvalue weighted by Gasteiger charge is -2.41. The van der Waals surface area contributed by atoms with E-state index in [2.05, 4.69) is 17.2 Å². The molecule has 8 nitrogen and oxygen atoms in total. The van der Waals surface area contributed by atoms with Gasteiger partial charge in [0.1, 0.15) is 6.29 Å². The first-order valence-electron chi connectivity index (χ1n) is 9.58. The summed E-state index contributed by atoms with van der Waals surface area (Å²) in [6, 6.07) is -1.13.